The SMILES string of the molecule is O=C(CCCCCCCCCc1cccc2ccccc12)c1ccccc1. The molecule has 1 nitrogen and oxygen atoms in total. The van der Waals surface area contributed by atoms with Gasteiger partial charge in [-0.1, -0.05) is 105 Å². The highest BCUT2D eigenvalue weighted by molar-refractivity contribution is 5.95. The van der Waals surface area contributed by atoms with Crippen LogP contribution in [0.15, 0.2) is 72.8 Å². The number of hydrogen-bond donors (Lipinski definition) is 0. The number of rotatable bonds is 11. The molecule has 0 heterocycles. The van der Waals surface area contributed by atoms with Crippen molar-refractivity contribution in [2.75, 3.05) is 0 Å². The minimum absolute atomic E-state index is 0.283. The van der Waals surface area contributed by atoms with Gasteiger partial charge < -0.3 is 0 Å². The maximum Gasteiger partial charge on any atom is 0.162 e. The van der Waals surface area contributed by atoms with Gasteiger partial charge in [0.25, 0.3) is 0 Å². The van der Waals surface area contributed by atoms with E-state index in [0.717, 1.165) is 12.0 Å². The van der Waals surface area contributed by atoms with E-state index in [0.29, 0.717) is 6.42 Å². The van der Waals surface area contributed by atoms with E-state index in [2.05, 4.69) is 42.5 Å². The molecule has 0 spiro atoms. The Morgan fingerprint density at radius 1 is 0.593 bits per heavy atom. The predicted octanol–water partition coefficient (Wildman–Crippen LogP) is 7.39. The van der Waals surface area contributed by atoms with Crippen LogP contribution in [0.4, 0.5) is 0 Å². The summed E-state index contributed by atoms with van der Waals surface area (Å²) < 4.78 is 0. The van der Waals surface area contributed by atoms with Crippen molar-refractivity contribution in [2.45, 2.75) is 57.8 Å². The van der Waals surface area contributed by atoms with Crippen molar-refractivity contribution in [3.05, 3.63) is 83.9 Å². The van der Waals surface area contributed by atoms with Gasteiger partial charge in [0.15, 0.2) is 5.78 Å². The van der Waals surface area contributed by atoms with Gasteiger partial charge >= 0.3 is 0 Å². The van der Waals surface area contributed by atoms with Crippen LogP contribution in [0.5, 0.6) is 0 Å². The van der Waals surface area contributed by atoms with Gasteiger partial charge in [-0.3, -0.25) is 4.79 Å². The number of Topliss-reactive ketones (excluding diaryl/α,β-unsaturated/α-hetero) is 1. The quantitative estimate of drug-likeness (QED) is 0.258. The summed E-state index contributed by atoms with van der Waals surface area (Å²) in [5.74, 6) is 0.283. The molecule has 0 N–H and O–H groups in total. The molecule has 0 aliphatic rings. The zero-order chi connectivity index (χ0) is 18.7. The van der Waals surface area contributed by atoms with Gasteiger partial charge in [0.05, 0.1) is 0 Å². The number of benzene rings is 3. The highest BCUT2D eigenvalue weighted by atomic mass is 16.1. The second-order valence-corrected chi connectivity index (χ2v) is 7.40. The van der Waals surface area contributed by atoms with Gasteiger partial charge in [-0.2, -0.15) is 0 Å². The largest absolute Gasteiger partial charge is 0.294 e. The van der Waals surface area contributed by atoms with Crippen LogP contribution in [0.3, 0.4) is 0 Å². The van der Waals surface area contributed by atoms with Crippen LogP contribution < -0.4 is 0 Å². The van der Waals surface area contributed by atoms with Crippen LogP contribution in [0, 0.1) is 0 Å². The van der Waals surface area contributed by atoms with Crippen LogP contribution in [0.2, 0.25) is 0 Å². The summed E-state index contributed by atoms with van der Waals surface area (Å²) in [6.45, 7) is 0. The van der Waals surface area contributed by atoms with Crippen LogP contribution in [-0.4, -0.2) is 5.78 Å². The Hall–Kier alpha value is -2.41. The maximum absolute atomic E-state index is 12.0. The lowest BCUT2D eigenvalue weighted by Crippen LogP contribution is -1.98. The Morgan fingerprint density at radius 2 is 1.22 bits per heavy atom. The molecule has 0 atom stereocenters. The fourth-order valence-corrected chi connectivity index (χ4v) is 3.76. The van der Waals surface area contributed by atoms with Gasteiger partial charge in [-0.05, 0) is 35.6 Å². The number of carbonyl (C=O) groups excluding carboxylic acids is 1. The molecule has 0 radical (unpaired) electrons. The number of aryl methyl sites for hydroxylation is 1. The second kappa shape index (κ2) is 10.7. The van der Waals surface area contributed by atoms with E-state index in [9.17, 15) is 4.79 Å². The van der Waals surface area contributed by atoms with Gasteiger partial charge in [-0.25, -0.2) is 0 Å². The number of unbranched alkanes of at least 4 members (excludes halogenated alkanes) is 6. The van der Waals surface area contributed by atoms with Gasteiger partial charge in [0.2, 0.25) is 0 Å². The molecule has 0 amide bonds. The molecule has 0 aliphatic heterocycles. The highest BCUT2D eigenvalue weighted by Gasteiger charge is 2.04. The highest BCUT2D eigenvalue weighted by Crippen LogP contribution is 2.21. The molecule has 0 unspecified atom stereocenters. The lowest BCUT2D eigenvalue weighted by molar-refractivity contribution is 0.0979. The Balaban J connectivity index is 1.25. The van der Waals surface area contributed by atoms with Gasteiger partial charge in [0, 0.05) is 12.0 Å². The third kappa shape index (κ3) is 6.06. The molecule has 0 aromatic heterocycles. The number of ketones is 1. The molecular formula is C26H30O. The van der Waals surface area contributed by atoms with Crippen molar-refractivity contribution in [3.8, 4) is 0 Å². The molecule has 3 rings (SSSR count). The molecule has 1 heteroatoms. The summed E-state index contributed by atoms with van der Waals surface area (Å²) in [6, 6.07) is 25.0. The summed E-state index contributed by atoms with van der Waals surface area (Å²) in [6.07, 6.45) is 10.4. The number of carbonyl (C=O) groups is 1. The summed E-state index contributed by atoms with van der Waals surface area (Å²) in [5, 5.41) is 2.75. The first kappa shape index (κ1) is 19.4. The molecule has 140 valence electrons. The van der Waals surface area contributed by atoms with Crippen molar-refractivity contribution < 1.29 is 4.79 Å². The van der Waals surface area contributed by atoms with Crippen molar-refractivity contribution in [1.29, 1.82) is 0 Å². The average molecular weight is 359 g/mol. The Kier molecular flexibility index (Phi) is 7.65. The topological polar surface area (TPSA) is 17.1 Å². The third-order valence-electron chi connectivity index (χ3n) is 5.33. The van der Waals surface area contributed by atoms with Crippen LogP contribution in [0.25, 0.3) is 10.8 Å². The molecule has 0 aliphatic carbocycles. The van der Waals surface area contributed by atoms with E-state index in [4.69, 9.17) is 0 Å². The predicted molar refractivity (Wildman–Crippen MR) is 115 cm³/mol. The normalized spacial score (nSPS) is 11.0. The first-order valence-electron chi connectivity index (χ1n) is 10.4. The monoisotopic (exact) mass is 358 g/mol. The van der Waals surface area contributed by atoms with E-state index in [1.807, 2.05) is 30.3 Å². The Labute approximate surface area is 163 Å². The van der Waals surface area contributed by atoms with Crippen LogP contribution in [0.1, 0.15) is 67.3 Å². The molecule has 27 heavy (non-hydrogen) atoms. The van der Waals surface area contributed by atoms with E-state index < -0.39 is 0 Å². The maximum atomic E-state index is 12.0. The fraction of sp³-hybridized carbons (Fsp3) is 0.346. The summed E-state index contributed by atoms with van der Waals surface area (Å²) >= 11 is 0. The average Bonchev–Trinajstić information content (AvgIpc) is 2.73. The number of fused-ring (bicyclic) bond motifs is 1. The minimum Gasteiger partial charge on any atom is -0.294 e. The lowest BCUT2D eigenvalue weighted by Gasteiger charge is -2.06. The van der Waals surface area contributed by atoms with Gasteiger partial charge in [0.1, 0.15) is 0 Å². The molecule has 0 fully saturated rings. The van der Waals surface area contributed by atoms with Crippen molar-refractivity contribution in [2.24, 2.45) is 0 Å². The lowest BCUT2D eigenvalue weighted by atomic mass is 9.99. The van der Waals surface area contributed by atoms with E-state index in [1.165, 1.54) is 61.3 Å². The molecule has 0 saturated heterocycles. The molecule has 0 saturated carbocycles. The van der Waals surface area contributed by atoms with E-state index in [1.54, 1.807) is 0 Å². The summed E-state index contributed by atoms with van der Waals surface area (Å²) in [4.78, 5) is 12.0. The van der Waals surface area contributed by atoms with Crippen molar-refractivity contribution >= 4 is 16.6 Å². The standard InChI is InChI=1S/C26H30O/c27-26(24-16-8-6-9-17-24)21-10-5-3-1-2-4-7-14-22-18-13-19-23-15-11-12-20-25(22)23/h6,8-9,11-13,15-20H,1-5,7,10,14,21H2. The summed E-state index contributed by atoms with van der Waals surface area (Å²) in [5.41, 5.74) is 2.33. The number of hydrogen-bond acceptors (Lipinski definition) is 1. The van der Waals surface area contributed by atoms with E-state index >= 15 is 0 Å². The Bertz CT molecular complexity index is 830. The Morgan fingerprint density at radius 3 is 2.04 bits per heavy atom. The van der Waals surface area contributed by atoms with E-state index in [-0.39, 0.29) is 5.78 Å². The fourth-order valence-electron chi connectivity index (χ4n) is 3.76. The van der Waals surface area contributed by atoms with Crippen LogP contribution >= 0.6 is 0 Å². The minimum atomic E-state index is 0.283. The van der Waals surface area contributed by atoms with Crippen LogP contribution in [-0.2, 0) is 6.42 Å². The zero-order valence-electron chi connectivity index (χ0n) is 16.2. The molecule has 0 bridgehead atoms. The smallest absolute Gasteiger partial charge is 0.162 e. The third-order valence-corrected chi connectivity index (χ3v) is 5.33. The van der Waals surface area contributed by atoms with Crippen molar-refractivity contribution in [1.82, 2.24) is 0 Å². The summed E-state index contributed by atoms with van der Waals surface area (Å²) in [7, 11) is 0. The molecule has 3 aromatic carbocycles. The molecule has 3 aromatic rings. The first-order valence-corrected chi connectivity index (χ1v) is 10.4. The zero-order valence-corrected chi connectivity index (χ0v) is 16.2. The molecular weight excluding hydrogens is 328 g/mol. The first-order chi connectivity index (χ1) is 13.3. The van der Waals surface area contributed by atoms with Crippen molar-refractivity contribution in [3.63, 3.8) is 0 Å². The second-order valence-electron chi connectivity index (χ2n) is 7.40. The van der Waals surface area contributed by atoms with Gasteiger partial charge in [-0.15, -0.1) is 0 Å².